The average molecular weight is 351 g/mol. The fraction of sp³-hybridized carbons (Fsp3) is 0.333. The summed E-state index contributed by atoms with van der Waals surface area (Å²) in [4.78, 5) is 2.17. The zero-order valence-electron chi connectivity index (χ0n) is 15.3. The van der Waals surface area contributed by atoms with E-state index in [1.807, 2.05) is 6.08 Å². The Hall–Kier alpha value is -2.50. The Labute approximate surface area is 154 Å². The minimum Gasteiger partial charge on any atom is -0.489 e. The molecule has 5 heteroatoms. The van der Waals surface area contributed by atoms with E-state index in [0.29, 0.717) is 6.61 Å². The largest absolute Gasteiger partial charge is 0.489 e. The molecule has 0 spiro atoms. The molecule has 2 heterocycles. The van der Waals surface area contributed by atoms with Crippen molar-refractivity contribution >= 4 is 0 Å². The molecule has 1 unspecified atom stereocenters. The topological polar surface area (TPSA) is 45.8 Å². The fourth-order valence-electron chi connectivity index (χ4n) is 3.47. The molecule has 26 heavy (non-hydrogen) atoms. The lowest BCUT2D eigenvalue weighted by atomic mass is 10.0. The Kier molecular flexibility index (Phi) is 4.82. The van der Waals surface area contributed by atoms with E-state index in [1.165, 1.54) is 16.7 Å². The van der Waals surface area contributed by atoms with Crippen molar-refractivity contribution in [2.75, 3.05) is 33.9 Å². The van der Waals surface area contributed by atoms with Crippen molar-refractivity contribution in [3.63, 3.8) is 0 Å². The van der Waals surface area contributed by atoms with Crippen LogP contribution in [0.5, 0.6) is 0 Å². The van der Waals surface area contributed by atoms with Gasteiger partial charge in [-0.05, 0) is 50.9 Å². The van der Waals surface area contributed by atoms with Crippen molar-refractivity contribution in [2.45, 2.75) is 12.5 Å². The summed E-state index contributed by atoms with van der Waals surface area (Å²) in [5, 5.41) is 0. The quantitative estimate of drug-likeness (QED) is 0.720. The molecule has 136 valence electrons. The van der Waals surface area contributed by atoms with E-state index in [2.05, 4.69) is 66.3 Å². The highest BCUT2D eigenvalue weighted by atomic mass is 16.5. The van der Waals surface area contributed by atoms with Crippen LogP contribution >= 0.6 is 0 Å². The van der Waals surface area contributed by atoms with Gasteiger partial charge in [0, 0.05) is 23.3 Å². The van der Waals surface area contributed by atoms with E-state index in [-0.39, 0.29) is 6.10 Å². The third kappa shape index (κ3) is 3.41. The normalized spacial score (nSPS) is 22.8. The molecule has 1 atom stereocenters. The van der Waals surface area contributed by atoms with E-state index >= 15 is 0 Å². The first-order valence-electron chi connectivity index (χ1n) is 9.04. The molecule has 4 aliphatic rings. The summed E-state index contributed by atoms with van der Waals surface area (Å²) in [7, 11) is 4.16. The minimum atomic E-state index is -0.00120. The lowest BCUT2D eigenvalue weighted by Crippen LogP contribution is -2.36. The molecule has 0 radical (unpaired) electrons. The summed E-state index contributed by atoms with van der Waals surface area (Å²) in [6.45, 7) is 2.38. The molecule has 0 aromatic rings. The number of nitrogens with one attached hydrogen (secondary N) is 2. The maximum absolute atomic E-state index is 5.81. The zero-order valence-corrected chi connectivity index (χ0v) is 15.3. The van der Waals surface area contributed by atoms with Crippen LogP contribution in [0.25, 0.3) is 0 Å². The molecule has 0 aromatic carbocycles. The Morgan fingerprint density at radius 1 is 1.15 bits per heavy atom. The molecular weight excluding hydrogens is 326 g/mol. The van der Waals surface area contributed by atoms with Gasteiger partial charge in [0.25, 0.3) is 0 Å². The first-order valence-corrected chi connectivity index (χ1v) is 9.04. The summed E-state index contributed by atoms with van der Waals surface area (Å²) >= 11 is 0. The third-order valence-corrected chi connectivity index (χ3v) is 4.73. The number of allylic oxidation sites excluding steroid dienone is 8. The molecule has 0 fully saturated rings. The van der Waals surface area contributed by atoms with Crippen molar-refractivity contribution in [3.05, 3.63) is 82.5 Å². The molecule has 2 aliphatic heterocycles. The summed E-state index contributed by atoms with van der Waals surface area (Å²) in [5.74, 6) is 0. The molecule has 0 aromatic heterocycles. The fourth-order valence-corrected chi connectivity index (χ4v) is 3.47. The van der Waals surface area contributed by atoms with E-state index in [9.17, 15) is 0 Å². The van der Waals surface area contributed by atoms with Gasteiger partial charge >= 0.3 is 0 Å². The number of hydrogen-bond donors (Lipinski definition) is 2. The van der Waals surface area contributed by atoms with Gasteiger partial charge in [-0.15, -0.1) is 0 Å². The number of nitrogens with zero attached hydrogens (tertiary/aromatic N) is 1. The van der Waals surface area contributed by atoms with E-state index < -0.39 is 0 Å². The van der Waals surface area contributed by atoms with Crippen molar-refractivity contribution in [3.8, 4) is 0 Å². The number of hydrogen-bond acceptors (Lipinski definition) is 5. The SMILES string of the molecule is CN(C)CCCOCC1=CC2=C(NN1)C1=CC3=CC=COC3C1=CC=C2. The Balaban J connectivity index is 1.46. The molecule has 0 saturated carbocycles. The van der Waals surface area contributed by atoms with Crippen LogP contribution < -0.4 is 10.9 Å². The smallest absolute Gasteiger partial charge is 0.149 e. The van der Waals surface area contributed by atoms with Crippen LogP contribution in [0.2, 0.25) is 0 Å². The molecular formula is C21H25N3O2. The summed E-state index contributed by atoms with van der Waals surface area (Å²) in [6, 6.07) is 0. The summed E-state index contributed by atoms with van der Waals surface area (Å²) in [5.41, 5.74) is 13.5. The lowest BCUT2D eigenvalue weighted by molar-refractivity contribution is 0.141. The molecule has 0 saturated heterocycles. The molecule has 2 N–H and O–H groups in total. The van der Waals surface area contributed by atoms with Gasteiger partial charge in [0.1, 0.15) is 6.10 Å². The van der Waals surface area contributed by atoms with Crippen LogP contribution in [0, 0.1) is 0 Å². The second kappa shape index (κ2) is 7.40. The standard InChI is InChI=1S/C21H25N3O2/c1-24(2)9-5-10-25-14-17-12-15-6-3-8-18-19(20(15)23-22-17)13-16-7-4-11-26-21(16)18/h3-4,6-8,11-13,21-23H,5,9-10,14H2,1-2H3. The average Bonchev–Trinajstić information content (AvgIpc) is 2.90. The Morgan fingerprint density at radius 3 is 2.96 bits per heavy atom. The monoisotopic (exact) mass is 351 g/mol. The first-order chi connectivity index (χ1) is 12.7. The van der Waals surface area contributed by atoms with Crippen molar-refractivity contribution in [2.24, 2.45) is 0 Å². The predicted octanol–water partition coefficient (Wildman–Crippen LogP) is 2.48. The maximum atomic E-state index is 5.81. The summed E-state index contributed by atoms with van der Waals surface area (Å²) < 4.78 is 11.6. The zero-order chi connectivity index (χ0) is 17.9. The molecule has 2 aliphatic carbocycles. The maximum Gasteiger partial charge on any atom is 0.149 e. The molecule has 4 rings (SSSR count). The predicted molar refractivity (Wildman–Crippen MR) is 103 cm³/mol. The number of fused-ring (bicyclic) bond motifs is 4. The van der Waals surface area contributed by atoms with Crippen molar-refractivity contribution < 1.29 is 9.47 Å². The van der Waals surface area contributed by atoms with E-state index in [0.717, 1.165) is 36.5 Å². The van der Waals surface area contributed by atoms with Crippen LogP contribution in [-0.2, 0) is 9.47 Å². The van der Waals surface area contributed by atoms with Crippen LogP contribution in [0.1, 0.15) is 6.42 Å². The first kappa shape index (κ1) is 16.9. The number of ether oxygens (including phenoxy) is 2. The molecule has 0 bridgehead atoms. The molecule has 0 amide bonds. The van der Waals surface area contributed by atoms with Gasteiger partial charge in [0.05, 0.1) is 24.3 Å². The third-order valence-electron chi connectivity index (χ3n) is 4.73. The van der Waals surface area contributed by atoms with Gasteiger partial charge in [-0.1, -0.05) is 24.3 Å². The minimum absolute atomic E-state index is 0.00120. The van der Waals surface area contributed by atoms with Gasteiger partial charge in [-0.25, -0.2) is 0 Å². The Bertz CT molecular complexity index is 794. The Morgan fingerprint density at radius 2 is 2.08 bits per heavy atom. The van der Waals surface area contributed by atoms with Gasteiger partial charge in [-0.2, -0.15) is 0 Å². The van der Waals surface area contributed by atoms with Gasteiger partial charge in [-0.3, -0.25) is 5.43 Å². The highest BCUT2D eigenvalue weighted by Gasteiger charge is 2.33. The van der Waals surface area contributed by atoms with E-state index in [1.54, 1.807) is 6.26 Å². The van der Waals surface area contributed by atoms with Gasteiger partial charge in [0.2, 0.25) is 0 Å². The van der Waals surface area contributed by atoms with Crippen molar-refractivity contribution in [1.29, 1.82) is 0 Å². The van der Waals surface area contributed by atoms with Crippen LogP contribution in [-0.4, -0.2) is 44.9 Å². The van der Waals surface area contributed by atoms with Gasteiger partial charge < -0.3 is 19.8 Å². The van der Waals surface area contributed by atoms with Crippen LogP contribution in [0.4, 0.5) is 0 Å². The second-order valence-corrected chi connectivity index (χ2v) is 7.01. The van der Waals surface area contributed by atoms with E-state index in [4.69, 9.17) is 9.47 Å². The molecule has 5 nitrogen and oxygen atoms in total. The summed E-state index contributed by atoms with van der Waals surface area (Å²) in [6.07, 6.45) is 17.6. The lowest BCUT2D eigenvalue weighted by Gasteiger charge is -2.24. The highest BCUT2D eigenvalue weighted by Crippen LogP contribution is 2.40. The van der Waals surface area contributed by atoms with Crippen LogP contribution in [0.15, 0.2) is 82.5 Å². The van der Waals surface area contributed by atoms with Crippen LogP contribution in [0.3, 0.4) is 0 Å². The number of rotatable bonds is 6. The highest BCUT2D eigenvalue weighted by molar-refractivity contribution is 5.67. The number of hydrazine groups is 1. The van der Waals surface area contributed by atoms with Gasteiger partial charge in [0.15, 0.2) is 0 Å². The second-order valence-electron chi connectivity index (χ2n) is 7.01. The van der Waals surface area contributed by atoms with Crippen molar-refractivity contribution in [1.82, 2.24) is 15.8 Å².